The van der Waals surface area contributed by atoms with Crippen molar-refractivity contribution in [3.05, 3.63) is 54.6 Å². The van der Waals surface area contributed by atoms with E-state index in [1.54, 1.807) is 6.07 Å². The van der Waals surface area contributed by atoms with Gasteiger partial charge in [0.25, 0.3) is 0 Å². The summed E-state index contributed by atoms with van der Waals surface area (Å²) < 4.78 is 5.75. The second-order valence-electron chi connectivity index (χ2n) is 5.54. The van der Waals surface area contributed by atoms with E-state index < -0.39 is 6.10 Å². The van der Waals surface area contributed by atoms with Gasteiger partial charge in [0, 0.05) is 11.8 Å². The summed E-state index contributed by atoms with van der Waals surface area (Å²) in [7, 11) is 0. The lowest BCUT2D eigenvalue weighted by Gasteiger charge is -2.15. The van der Waals surface area contributed by atoms with Gasteiger partial charge in [-0.1, -0.05) is 24.3 Å². The monoisotopic (exact) mass is 297 g/mol. The zero-order valence-electron chi connectivity index (χ0n) is 12.2. The van der Waals surface area contributed by atoms with E-state index in [4.69, 9.17) is 4.74 Å². The van der Waals surface area contributed by atoms with E-state index in [0.717, 1.165) is 18.6 Å². The van der Waals surface area contributed by atoms with E-state index in [1.165, 1.54) is 0 Å². The Kier molecular flexibility index (Phi) is 4.39. The Morgan fingerprint density at radius 2 is 1.82 bits per heavy atom. The van der Waals surface area contributed by atoms with Gasteiger partial charge in [0.1, 0.15) is 11.5 Å². The number of carbonyl (C=O) groups excluding carboxylic acids is 1. The summed E-state index contributed by atoms with van der Waals surface area (Å²) in [6, 6.07) is 16.8. The predicted octanol–water partition coefficient (Wildman–Crippen LogP) is 3.58. The smallest absolute Gasteiger partial charge is 0.230 e. The van der Waals surface area contributed by atoms with Crippen molar-refractivity contribution >= 4 is 11.6 Å². The van der Waals surface area contributed by atoms with Crippen LogP contribution in [0.5, 0.6) is 11.5 Å². The second-order valence-corrected chi connectivity index (χ2v) is 5.54. The number of amides is 1. The molecule has 4 nitrogen and oxygen atoms in total. The molecule has 1 amide bonds. The topological polar surface area (TPSA) is 58.6 Å². The molecule has 1 fully saturated rings. The first-order valence-electron chi connectivity index (χ1n) is 7.54. The van der Waals surface area contributed by atoms with Gasteiger partial charge in [0.05, 0.1) is 12.0 Å². The third kappa shape index (κ3) is 3.46. The van der Waals surface area contributed by atoms with Gasteiger partial charge in [-0.2, -0.15) is 0 Å². The van der Waals surface area contributed by atoms with E-state index >= 15 is 0 Å². The highest BCUT2D eigenvalue weighted by Gasteiger charge is 2.31. The number of anilines is 1. The maximum Gasteiger partial charge on any atom is 0.230 e. The second kappa shape index (κ2) is 6.62. The number of aliphatic hydroxyl groups is 1. The number of hydrogen-bond donors (Lipinski definition) is 2. The molecule has 0 aliphatic heterocycles. The first kappa shape index (κ1) is 14.6. The van der Waals surface area contributed by atoms with Gasteiger partial charge < -0.3 is 15.2 Å². The molecule has 0 spiro atoms. The maximum atomic E-state index is 12.2. The number of aliphatic hydroxyl groups excluding tert-OH is 1. The quantitative estimate of drug-likeness (QED) is 0.907. The molecule has 114 valence electrons. The molecule has 0 aromatic heterocycles. The fourth-order valence-electron chi connectivity index (χ4n) is 2.74. The zero-order chi connectivity index (χ0) is 15.4. The van der Waals surface area contributed by atoms with Crippen molar-refractivity contribution in [1.29, 1.82) is 0 Å². The highest BCUT2D eigenvalue weighted by molar-refractivity contribution is 5.93. The van der Waals surface area contributed by atoms with Gasteiger partial charge in [0.15, 0.2) is 0 Å². The number of rotatable bonds is 4. The minimum Gasteiger partial charge on any atom is -0.457 e. The van der Waals surface area contributed by atoms with Gasteiger partial charge >= 0.3 is 0 Å². The van der Waals surface area contributed by atoms with E-state index in [0.29, 0.717) is 17.9 Å². The van der Waals surface area contributed by atoms with Crippen molar-refractivity contribution < 1.29 is 14.6 Å². The Balaban J connectivity index is 1.67. The molecule has 1 aliphatic rings. The first-order valence-corrected chi connectivity index (χ1v) is 7.54. The number of benzene rings is 2. The number of para-hydroxylation sites is 1. The van der Waals surface area contributed by atoms with Crippen molar-refractivity contribution in [2.45, 2.75) is 25.4 Å². The van der Waals surface area contributed by atoms with Crippen LogP contribution in [0.3, 0.4) is 0 Å². The molecule has 0 radical (unpaired) electrons. The number of nitrogens with one attached hydrogen (secondary N) is 1. The Morgan fingerprint density at radius 1 is 1.05 bits per heavy atom. The fraction of sp³-hybridized carbons (Fsp3) is 0.278. The van der Waals surface area contributed by atoms with Gasteiger partial charge in [-0.05, 0) is 43.5 Å². The van der Waals surface area contributed by atoms with E-state index in [2.05, 4.69) is 5.32 Å². The van der Waals surface area contributed by atoms with Gasteiger partial charge in [-0.3, -0.25) is 4.79 Å². The molecule has 22 heavy (non-hydrogen) atoms. The minimum atomic E-state index is -0.524. The largest absolute Gasteiger partial charge is 0.457 e. The molecule has 0 bridgehead atoms. The summed E-state index contributed by atoms with van der Waals surface area (Å²) in [5.74, 6) is 0.980. The zero-order valence-corrected chi connectivity index (χ0v) is 12.2. The molecular formula is C18H19NO3. The summed E-state index contributed by atoms with van der Waals surface area (Å²) in [4.78, 5) is 12.2. The highest BCUT2D eigenvalue weighted by Crippen LogP contribution is 2.28. The molecule has 4 heteroatoms. The predicted molar refractivity (Wildman–Crippen MR) is 84.9 cm³/mol. The van der Waals surface area contributed by atoms with Gasteiger partial charge in [0.2, 0.25) is 5.91 Å². The van der Waals surface area contributed by atoms with Gasteiger partial charge in [-0.15, -0.1) is 0 Å². The van der Waals surface area contributed by atoms with Gasteiger partial charge in [-0.25, -0.2) is 0 Å². The maximum absolute atomic E-state index is 12.2. The lowest BCUT2D eigenvalue weighted by atomic mass is 10.1. The van der Waals surface area contributed by atoms with Crippen LogP contribution in [0.15, 0.2) is 54.6 Å². The van der Waals surface area contributed by atoms with Crippen LogP contribution >= 0.6 is 0 Å². The van der Waals surface area contributed by atoms with Crippen LogP contribution in [-0.2, 0) is 4.79 Å². The molecule has 0 heterocycles. The van der Waals surface area contributed by atoms with Crippen LogP contribution in [0.25, 0.3) is 0 Å². The minimum absolute atomic E-state index is 0.123. The van der Waals surface area contributed by atoms with Crippen LogP contribution < -0.4 is 10.1 Å². The normalized spacial score (nSPS) is 20.6. The Morgan fingerprint density at radius 3 is 2.55 bits per heavy atom. The first-order chi connectivity index (χ1) is 10.7. The highest BCUT2D eigenvalue weighted by atomic mass is 16.5. The van der Waals surface area contributed by atoms with Crippen LogP contribution in [0.4, 0.5) is 5.69 Å². The van der Waals surface area contributed by atoms with Crippen LogP contribution in [-0.4, -0.2) is 17.1 Å². The average molecular weight is 297 g/mol. The molecule has 2 atom stereocenters. The molecule has 2 N–H and O–H groups in total. The summed E-state index contributed by atoms with van der Waals surface area (Å²) >= 11 is 0. The number of carbonyl (C=O) groups is 1. The average Bonchev–Trinajstić information content (AvgIpc) is 2.95. The Hall–Kier alpha value is -2.33. The van der Waals surface area contributed by atoms with E-state index in [9.17, 15) is 9.90 Å². The molecule has 3 rings (SSSR count). The summed E-state index contributed by atoms with van der Waals surface area (Å²) in [5.41, 5.74) is 0.678. The summed E-state index contributed by atoms with van der Waals surface area (Å²) in [6.07, 6.45) is 1.82. The SMILES string of the molecule is O=C(Nc1cccc(Oc2ccccc2)c1)C1CCCC1O. The molecule has 1 saturated carbocycles. The third-order valence-electron chi connectivity index (χ3n) is 3.90. The Bertz CT molecular complexity index is 642. The van der Waals surface area contributed by atoms with E-state index in [1.807, 2.05) is 48.5 Å². The van der Waals surface area contributed by atoms with Crippen molar-refractivity contribution in [1.82, 2.24) is 0 Å². The molecule has 2 unspecified atom stereocenters. The van der Waals surface area contributed by atoms with Crippen LogP contribution in [0.2, 0.25) is 0 Å². The van der Waals surface area contributed by atoms with Crippen LogP contribution in [0.1, 0.15) is 19.3 Å². The molecule has 2 aromatic rings. The van der Waals surface area contributed by atoms with Crippen molar-refractivity contribution in [3.63, 3.8) is 0 Å². The lowest BCUT2D eigenvalue weighted by Crippen LogP contribution is -2.28. The van der Waals surface area contributed by atoms with Crippen LogP contribution in [0, 0.1) is 5.92 Å². The fourth-order valence-corrected chi connectivity index (χ4v) is 2.74. The molecule has 2 aromatic carbocycles. The van der Waals surface area contributed by atoms with Crippen molar-refractivity contribution in [3.8, 4) is 11.5 Å². The van der Waals surface area contributed by atoms with Crippen molar-refractivity contribution in [2.75, 3.05) is 5.32 Å². The number of ether oxygens (including phenoxy) is 1. The summed E-state index contributed by atoms with van der Waals surface area (Å²) in [5, 5.41) is 12.7. The number of hydrogen-bond acceptors (Lipinski definition) is 3. The Labute approximate surface area is 129 Å². The summed E-state index contributed by atoms with van der Waals surface area (Å²) in [6.45, 7) is 0. The molecule has 1 aliphatic carbocycles. The lowest BCUT2D eigenvalue weighted by molar-refractivity contribution is -0.122. The molecule has 0 saturated heterocycles. The molecular weight excluding hydrogens is 278 g/mol. The van der Waals surface area contributed by atoms with Crippen molar-refractivity contribution in [2.24, 2.45) is 5.92 Å². The van der Waals surface area contributed by atoms with E-state index in [-0.39, 0.29) is 11.8 Å². The third-order valence-corrected chi connectivity index (χ3v) is 3.90. The standard InChI is InChI=1S/C18H19NO3/c20-17-11-5-10-16(17)18(21)19-13-6-4-9-15(12-13)22-14-7-2-1-3-8-14/h1-4,6-9,12,16-17,20H,5,10-11H2,(H,19,21).